The quantitative estimate of drug-likeness (QED) is 0.287. The molecule has 0 aromatic rings. The van der Waals surface area contributed by atoms with E-state index in [1.54, 1.807) is 0 Å². The number of carbonyl (C=O) groups is 2. The maximum Gasteiger partial charge on any atom is 0.335 e. The van der Waals surface area contributed by atoms with Gasteiger partial charge in [0.25, 0.3) is 0 Å². The Labute approximate surface area is 73.4 Å². The molecule has 4 atom stereocenters. The van der Waals surface area contributed by atoms with Crippen LogP contribution in [0.4, 0.5) is 0 Å². The molecule has 7 nitrogen and oxygen atoms in total. The van der Waals surface area contributed by atoms with E-state index < -0.39 is 30.3 Å². The molecule has 0 aliphatic rings. The van der Waals surface area contributed by atoms with Crippen LogP contribution in [0.2, 0.25) is 0 Å². The fourth-order valence-electron chi connectivity index (χ4n) is 0.641. The van der Waals surface area contributed by atoms with E-state index in [0.717, 1.165) is 0 Å². The van der Waals surface area contributed by atoms with Crippen LogP contribution < -0.4 is 5.73 Å². The number of carbonyl (C=O) groups excluding carboxylic acids is 1. The average Bonchev–Trinajstić information content (AvgIpc) is 2.12. The zero-order chi connectivity index (χ0) is 10.6. The number of rotatable bonds is 5. The number of nitrogens with two attached hydrogens (primary N) is 1. The fourth-order valence-corrected chi connectivity index (χ4v) is 0.641. The van der Waals surface area contributed by atoms with Gasteiger partial charge in [0.1, 0.15) is 18.5 Å². The van der Waals surface area contributed by atoms with E-state index in [1.165, 1.54) is 0 Å². The molecule has 0 rings (SSSR count). The Balaban J connectivity index is 4.32. The highest BCUT2D eigenvalue weighted by Crippen LogP contribution is 2.02. The van der Waals surface area contributed by atoms with Crippen LogP contribution in [-0.2, 0) is 9.59 Å². The Bertz CT molecular complexity index is 196. The first-order chi connectivity index (χ1) is 5.91. The van der Waals surface area contributed by atoms with Crippen molar-refractivity contribution < 1.29 is 30.0 Å². The Kier molecular flexibility index (Phi) is 4.49. The highest BCUT2D eigenvalue weighted by atomic mass is 16.4. The normalized spacial score (nSPS) is 20.0. The summed E-state index contributed by atoms with van der Waals surface area (Å²) in [6, 6.07) is -1.43. The van der Waals surface area contributed by atoms with Crippen molar-refractivity contribution in [3.05, 3.63) is 0 Å². The van der Waals surface area contributed by atoms with Gasteiger partial charge in [0.05, 0.1) is 6.04 Å². The van der Waals surface area contributed by atoms with E-state index in [2.05, 4.69) is 0 Å². The SMILES string of the molecule is N[C@H](C=O)[C@H](O)[C@H](O)[C@H](O)C(=O)O. The van der Waals surface area contributed by atoms with Crippen molar-refractivity contribution in [2.45, 2.75) is 24.4 Å². The minimum atomic E-state index is -2.17. The lowest BCUT2D eigenvalue weighted by Crippen LogP contribution is -2.51. The molecule has 6 N–H and O–H groups in total. The van der Waals surface area contributed by atoms with Gasteiger partial charge in [-0.05, 0) is 0 Å². The number of aldehydes is 1. The molecule has 0 aromatic heterocycles. The molecule has 0 heterocycles. The first-order valence-electron chi connectivity index (χ1n) is 3.39. The zero-order valence-corrected chi connectivity index (χ0v) is 6.57. The summed E-state index contributed by atoms with van der Waals surface area (Å²) in [5.74, 6) is -1.70. The predicted molar refractivity (Wildman–Crippen MR) is 39.7 cm³/mol. The standard InChI is InChI=1S/C6H11NO6/c7-2(1-8)3(9)4(10)5(11)6(12)13/h1-5,9-11H,7H2,(H,12,13)/t2-,3+,4+,5+/m1/s1. The van der Waals surface area contributed by atoms with E-state index in [-0.39, 0.29) is 6.29 Å². The Hall–Kier alpha value is -1.02. The molecule has 13 heavy (non-hydrogen) atoms. The maximum absolute atomic E-state index is 10.1. The van der Waals surface area contributed by atoms with Crippen molar-refractivity contribution in [1.82, 2.24) is 0 Å². The van der Waals surface area contributed by atoms with Crippen molar-refractivity contribution in [2.24, 2.45) is 5.73 Å². The van der Waals surface area contributed by atoms with E-state index in [0.29, 0.717) is 0 Å². The molecule has 0 fully saturated rings. The number of aliphatic hydroxyl groups is 3. The molecule has 0 aliphatic carbocycles. The van der Waals surface area contributed by atoms with Gasteiger partial charge in [0.2, 0.25) is 0 Å². The van der Waals surface area contributed by atoms with E-state index in [1.807, 2.05) is 0 Å². The third kappa shape index (κ3) is 3.07. The molecule has 0 spiro atoms. The molecule has 0 saturated carbocycles. The van der Waals surface area contributed by atoms with E-state index >= 15 is 0 Å². The van der Waals surface area contributed by atoms with Crippen molar-refractivity contribution in [3.63, 3.8) is 0 Å². The van der Waals surface area contributed by atoms with Gasteiger partial charge < -0.3 is 31.0 Å². The van der Waals surface area contributed by atoms with Crippen molar-refractivity contribution in [1.29, 1.82) is 0 Å². The molecule has 7 heteroatoms. The largest absolute Gasteiger partial charge is 0.479 e. The van der Waals surface area contributed by atoms with Gasteiger partial charge in [-0.25, -0.2) is 4.79 Å². The summed E-state index contributed by atoms with van der Waals surface area (Å²) in [6.45, 7) is 0. The van der Waals surface area contributed by atoms with Crippen LogP contribution in [0.1, 0.15) is 0 Å². The van der Waals surface area contributed by atoms with E-state index in [4.69, 9.17) is 26.2 Å². The fraction of sp³-hybridized carbons (Fsp3) is 0.667. The summed E-state index contributed by atoms with van der Waals surface area (Å²) in [7, 11) is 0. The Morgan fingerprint density at radius 2 is 1.69 bits per heavy atom. The van der Waals surface area contributed by atoms with Gasteiger partial charge >= 0.3 is 5.97 Å². The molecule has 76 valence electrons. The summed E-state index contributed by atoms with van der Waals surface area (Å²) in [4.78, 5) is 20.1. The van der Waals surface area contributed by atoms with E-state index in [9.17, 15) is 9.59 Å². The smallest absolute Gasteiger partial charge is 0.335 e. The molecule has 0 saturated heterocycles. The lowest BCUT2D eigenvalue weighted by atomic mass is 10.0. The second-order valence-corrected chi connectivity index (χ2v) is 2.48. The van der Waals surface area contributed by atoms with Crippen LogP contribution in [0.25, 0.3) is 0 Å². The number of aliphatic hydroxyl groups excluding tert-OH is 3. The monoisotopic (exact) mass is 193 g/mol. The van der Waals surface area contributed by atoms with Crippen LogP contribution in [-0.4, -0.2) is 57.0 Å². The van der Waals surface area contributed by atoms with Gasteiger partial charge in [-0.2, -0.15) is 0 Å². The second-order valence-electron chi connectivity index (χ2n) is 2.48. The number of carboxylic acids is 1. The lowest BCUT2D eigenvalue weighted by molar-refractivity contribution is -0.159. The number of aliphatic carboxylic acids is 1. The lowest BCUT2D eigenvalue weighted by Gasteiger charge is -2.21. The first kappa shape index (κ1) is 12.0. The molecule has 0 bridgehead atoms. The zero-order valence-electron chi connectivity index (χ0n) is 6.57. The summed E-state index contributed by atoms with van der Waals surface area (Å²) in [5.41, 5.74) is 4.97. The summed E-state index contributed by atoms with van der Waals surface area (Å²) in [6.07, 6.45) is -5.81. The first-order valence-corrected chi connectivity index (χ1v) is 3.39. The van der Waals surface area contributed by atoms with Gasteiger partial charge in [0.15, 0.2) is 6.10 Å². The molecule has 0 unspecified atom stereocenters. The highest BCUT2D eigenvalue weighted by Gasteiger charge is 2.33. The van der Waals surface area contributed by atoms with Gasteiger partial charge in [-0.1, -0.05) is 0 Å². The number of carboxylic acid groups (broad SMARTS) is 1. The molecule has 0 amide bonds. The van der Waals surface area contributed by atoms with Crippen LogP contribution in [0, 0.1) is 0 Å². The maximum atomic E-state index is 10.1. The van der Waals surface area contributed by atoms with Crippen molar-refractivity contribution in [3.8, 4) is 0 Å². The van der Waals surface area contributed by atoms with Crippen molar-refractivity contribution in [2.75, 3.05) is 0 Å². The van der Waals surface area contributed by atoms with Crippen molar-refractivity contribution >= 4 is 12.3 Å². The van der Waals surface area contributed by atoms with Crippen LogP contribution in [0.15, 0.2) is 0 Å². The van der Waals surface area contributed by atoms with Gasteiger partial charge in [-0.3, -0.25) is 0 Å². The molecule has 0 aliphatic heterocycles. The van der Waals surface area contributed by atoms with Crippen LogP contribution in [0.3, 0.4) is 0 Å². The molecular weight excluding hydrogens is 182 g/mol. The molecule has 0 radical (unpaired) electrons. The summed E-state index contributed by atoms with van der Waals surface area (Å²) in [5, 5.41) is 34.8. The highest BCUT2D eigenvalue weighted by molar-refractivity contribution is 5.73. The number of hydrogen-bond donors (Lipinski definition) is 5. The third-order valence-corrected chi connectivity index (χ3v) is 1.48. The Morgan fingerprint density at radius 3 is 2.00 bits per heavy atom. The minimum absolute atomic E-state index is 0.141. The third-order valence-electron chi connectivity index (χ3n) is 1.48. The van der Waals surface area contributed by atoms with Crippen LogP contribution >= 0.6 is 0 Å². The summed E-state index contributed by atoms with van der Waals surface area (Å²) >= 11 is 0. The minimum Gasteiger partial charge on any atom is -0.479 e. The van der Waals surface area contributed by atoms with Crippen LogP contribution in [0.5, 0.6) is 0 Å². The summed E-state index contributed by atoms with van der Waals surface area (Å²) < 4.78 is 0. The van der Waals surface area contributed by atoms with Gasteiger partial charge in [-0.15, -0.1) is 0 Å². The van der Waals surface area contributed by atoms with Gasteiger partial charge in [0, 0.05) is 0 Å². The average molecular weight is 193 g/mol. The Morgan fingerprint density at radius 1 is 1.23 bits per heavy atom. The molecular formula is C6H11NO6. The predicted octanol–water partition coefficient (Wildman–Crippen LogP) is -3.32. The number of hydrogen-bond acceptors (Lipinski definition) is 6. The topological polar surface area (TPSA) is 141 Å². The second kappa shape index (κ2) is 4.87. The molecule has 0 aromatic carbocycles.